The van der Waals surface area contributed by atoms with Crippen LogP contribution in [0, 0.1) is 0 Å². The zero-order valence-electron chi connectivity index (χ0n) is 23.1. The van der Waals surface area contributed by atoms with Gasteiger partial charge in [-0.05, 0) is 90.6 Å². The quantitative estimate of drug-likeness (QED) is 0.278. The highest BCUT2D eigenvalue weighted by Crippen LogP contribution is 2.12. The van der Waals surface area contributed by atoms with Crippen molar-refractivity contribution in [1.82, 2.24) is 15.1 Å². The largest absolute Gasteiger partial charge is 0.468 e. The van der Waals surface area contributed by atoms with Crippen LogP contribution in [0.4, 0.5) is 0 Å². The zero-order chi connectivity index (χ0) is 25.9. The summed E-state index contributed by atoms with van der Waals surface area (Å²) in [5.41, 5.74) is 5.66. The topological polar surface area (TPSA) is 97.1 Å². The second-order valence-electron chi connectivity index (χ2n) is 10.3. The number of piperidine rings is 2. The Morgan fingerprint density at radius 3 is 1.63 bits per heavy atom. The molecule has 2 fully saturated rings. The Balaban J connectivity index is 0.000000355. The van der Waals surface area contributed by atoms with Gasteiger partial charge in [-0.15, -0.1) is 0 Å². The Labute approximate surface area is 214 Å². The highest BCUT2D eigenvalue weighted by molar-refractivity contribution is 5.75. The van der Waals surface area contributed by atoms with Crippen LogP contribution in [-0.2, 0) is 19.1 Å². The minimum atomic E-state index is -0.439. The Hall–Kier alpha value is -1.22. The van der Waals surface area contributed by atoms with Crippen LogP contribution in [-0.4, -0.2) is 93.4 Å². The Bertz CT molecular complexity index is 549. The minimum Gasteiger partial charge on any atom is -0.468 e. The van der Waals surface area contributed by atoms with E-state index >= 15 is 0 Å². The number of carbonyl (C=O) groups excluding carboxylic acids is 2. The number of carbonyl (C=O) groups is 2. The molecule has 2 rings (SSSR count). The van der Waals surface area contributed by atoms with Crippen molar-refractivity contribution in [2.75, 3.05) is 53.5 Å². The van der Waals surface area contributed by atoms with Crippen LogP contribution in [0.3, 0.4) is 0 Å². The number of methoxy groups -OCH3 is 2. The molecule has 0 unspecified atom stereocenters. The molecule has 0 aromatic carbocycles. The fraction of sp³-hybridized carbons (Fsp3) is 0.926. The van der Waals surface area contributed by atoms with Crippen molar-refractivity contribution >= 4 is 11.9 Å². The number of unbranched alkanes of at least 4 members (excludes halogenated alkanes) is 2. The lowest BCUT2D eigenvalue weighted by Gasteiger charge is -2.26. The van der Waals surface area contributed by atoms with Gasteiger partial charge in [-0.1, -0.05) is 39.5 Å². The summed E-state index contributed by atoms with van der Waals surface area (Å²) in [5, 5.41) is 3.28. The maximum atomic E-state index is 11.6. The van der Waals surface area contributed by atoms with E-state index in [0.29, 0.717) is 6.04 Å². The maximum Gasteiger partial charge on any atom is 0.322 e. The first-order valence-corrected chi connectivity index (χ1v) is 14.0. The third-order valence-electron chi connectivity index (χ3n) is 6.88. The molecule has 2 aliphatic heterocycles. The number of ether oxygens (including phenoxy) is 2. The van der Waals surface area contributed by atoms with E-state index in [-0.39, 0.29) is 18.0 Å². The number of hydrogen-bond acceptors (Lipinski definition) is 8. The van der Waals surface area contributed by atoms with E-state index in [1.54, 1.807) is 0 Å². The molecule has 0 amide bonds. The Kier molecular flexibility index (Phi) is 18.1. The average molecular weight is 499 g/mol. The SMILES string of the molecule is COC(=O)[C@@H](CCCCN1CCCCC1)NC(C)C.COC(=O)[C@H](N)CCCCN1CCCCC1. The van der Waals surface area contributed by atoms with Gasteiger partial charge in [-0.2, -0.15) is 0 Å². The molecule has 0 spiro atoms. The summed E-state index contributed by atoms with van der Waals surface area (Å²) in [5.74, 6) is -0.426. The van der Waals surface area contributed by atoms with Crippen molar-refractivity contribution in [2.45, 2.75) is 109 Å². The standard InChI is InChI=1S/C15H30N2O2.C12H24N2O2/c1-13(2)16-14(15(18)19-3)9-5-8-12-17-10-6-4-7-11-17;1-16-12(15)11(13)7-3-6-10-14-8-4-2-5-9-14/h13-14,16H,4-12H2,1-3H3;11H,2-10,13H2,1H3/t14-;11-/m11/s1. The summed E-state index contributed by atoms with van der Waals surface area (Å²) >= 11 is 0. The predicted octanol–water partition coefficient (Wildman–Crippen LogP) is 3.33. The van der Waals surface area contributed by atoms with Crippen LogP contribution in [0.2, 0.25) is 0 Å². The van der Waals surface area contributed by atoms with Crippen molar-refractivity contribution in [1.29, 1.82) is 0 Å². The van der Waals surface area contributed by atoms with Crippen molar-refractivity contribution in [3.8, 4) is 0 Å². The number of nitrogens with zero attached hydrogens (tertiary/aromatic N) is 2. The summed E-state index contributed by atoms with van der Waals surface area (Å²) < 4.78 is 9.43. The normalized spacial score (nSPS) is 18.9. The van der Waals surface area contributed by atoms with E-state index in [1.165, 1.54) is 91.9 Å². The van der Waals surface area contributed by atoms with Crippen LogP contribution >= 0.6 is 0 Å². The van der Waals surface area contributed by atoms with Gasteiger partial charge in [0.1, 0.15) is 12.1 Å². The van der Waals surface area contributed by atoms with Gasteiger partial charge in [0, 0.05) is 6.04 Å². The van der Waals surface area contributed by atoms with Gasteiger partial charge < -0.3 is 30.3 Å². The van der Waals surface area contributed by atoms with E-state index in [1.807, 2.05) is 0 Å². The third kappa shape index (κ3) is 15.5. The lowest BCUT2D eigenvalue weighted by atomic mass is 10.1. The number of nitrogens with two attached hydrogens (primary N) is 1. The summed E-state index contributed by atoms with van der Waals surface area (Å²) in [6, 6.07) is -0.274. The van der Waals surface area contributed by atoms with Gasteiger partial charge in [-0.3, -0.25) is 9.59 Å². The second kappa shape index (κ2) is 19.9. The molecule has 2 aliphatic rings. The summed E-state index contributed by atoms with van der Waals surface area (Å²) in [6.45, 7) is 11.4. The van der Waals surface area contributed by atoms with Gasteiger partial charge >= 0.3 is 11.9 Å². The number of likely N-dealkylation sites (tertiary alicyclic amines) is 2. The molecule has 2 heterocycles. The molecule has 0 aromatic heterocycles. The van der Waals surface area contributed by atoms with Crippen LogP contribution < -0.4 is 11.1 Å². The van der Waals surface area contributed by atoms with Crippen LogP contribution in [0.15, 0.2) is 0 Å². The maximum absolute atomic E-state index is 11.6. The van der Waals surface area contributed by atoms with Gasteiger partial charge in [0.15, 0.2) is 0 Å². The molecule has 35 heavy (non-hydrogen) atoms. The highest BCUT2D eigenvalue weighted by atomic mass is 16.5. The molecule has 2 atom stereocenters. The number of esters is 2. The van der Waals surface area contributed by atoms with Crippen molar-refractivity contribution in [3.05, 3.63) is 0 Å². The number of hydrogen-bond donors (Lipinski definition) is 2. The Morgan fingerprint density at radius 2 is 1.20 bits per heavy atom. The van der Waals surface area contributed by atoms with E-state index in [9.17, 15) is 9.59 Å². The minimum absolute atomic E-state index is 0.133. The van der Waals surface area contributed by atoms with E-state index < -0.39 is 6.04 Å². The molecule has 0 saturated carbocycles. The van der Waals surface area contributed by atoms with Crippen molar-refractivity contribution in [2.24, 2.45) is 5.73 Å². The average Bonchev–Trinajstić information content (AvgIpc) is 2.88. The van der Waals surface area contributed by atoms with E-state index in [4.69, 9.17) is 10.5 Å². The summed E-state index contributed by atoms with van der Waals surface area (Å²) in [4.78, 5) is 27.8. The molecule has 0 bridgehead atoms. The van der Waals surface area contributed by atoms with Gasteiger partial charge in [0.05, 0.1) is 14.2 Å². The molecule has 8 nitrogen and oxygen atoms in total. The molecule has 0 radical (unpaired) electrons. The Morgan fingerprint density at radius 1 is 0.743 bits per heavy atom. The lowest BCUT2D eigenvalue weighted by molar-refractivity contribution is -0.144. The van der Waals surface area contributed by atoms with E-state index in [2.05, 4.69) is 33.7 Å². The van der Waals surface area contributed by atoms with E-state index in [0.717, 1.165) is 38.6 Å². The predicted molar refractivity (Wildman–Crippen MR) is 142 cm³/mol. The summed E-state index contributed by atoms with van der Waals surface area (Å²) in [7, 11) is 2.85. The fourth-order valence-corrected chi connectivity index (χ4v) is 4.83. The zero-order valence-corrected chi connectivity index (χ0v) is 23.1. The molecule has 0 aliphatic carbocycles. The molecular weight excluding hydrogens is 444 g/mol. The number of rotatable bonds is 14. The molecule has 206 valence electrons. The molecule has 2 saturated heterocycles. The first-order chi connectivity index (χ1) is 16.9. The van der Waals surface area contributed by atoms with Crippen LogP contribution in [0.5, 0.6) is 0 Å². The van der Waals surface area contributed by atoms with Gasteiger partial charge in [0.2, 0.25) is 0 Å². The first kappa shape index (κ1) is 31.8. The van der Waals surface area contributed by atoms with Gasteiger partial charge in [-0.25, -0.2) is 0 Å². The molecule has 3 N–H and O–H groups in total. The molecule has 8 heteroatoms. The van der Waals surface area contributed by atoms with Crippen LogP contribution in [0.25, 0.3) is 0 Å². The van der Waals surface area contributed by atoms with Crippen molar-refractivity contribution < 1.29 is 19.1 Å². The lowest BCUT2D eigenvalue weighted by Crippen LogP contribution is -2.41. The molecular formula is C27H54N4O4. The monoisotopic (exact) mass is 498 g/mol. The molecule has 0 aromatic rings. The number of nitrogens with one attached hydrogen (secondary N) is 1. The summed E-state index contributed by atoms with van der Waals surface area (Å²) in [6.07, 6.45) is 14.1. The van der Waals surface area contributed by atoms with Crippen LogP contribution in [0.1, 0.15) is 90.9 Å². The first-order valence-electron chi connectivity index (χ1n) is 14.0. The second-order valence-corrected chi connectivity index (χ2v) is 10.3. The fourth-order valence-electron chi connectivity index (χ4n) is 4.83. The van der Waals surface area contributed by atoms with Gasteiger partial charge in [0.25, 0.3) is 0 Å². The highest BCUT2D eigenvalue weighted by Gasteiger charge is 2.19. The smallest absolute Gasteiger partial charge is 0.322 e. The van der Waals surface area contributed by atoms with Crippen molar-refractivity contribution in [3.63, 3.8) is 0 Å². The third-order valence-corrected chi connectivity index (χ3v) is 6.88.